The van der Waals surface area contributed by atoms with Crippen LogP contribution in [0.4, 0.5) is 0 Å². The minimum atomic E-state index is -3.27. The monoisotopic (exact) mass is 344 g/mol. The van der Waals surface area contributed by atoms with Crippen molar-refractivity contribution < 1.29 is 8.42 Å². The van der Waals surface area contributed by atoms with Crippen molar-refractivity contribution in [3.05, 3.63) is 77.4 Å². The fourth-order valence-corrected chi connectivity index (χ4v) is 3.18. The summed E-state index contributed by atoms with van der Waals surface area (Å²) in [7, 11) is -3.27. The molecular formula is C19H24N2O2S. The first-order valence-electron chi connectivity index (χ1n) is 7.99. The van der Waals surface area contributed by atoms with Crippen LogP contribution in [0.5, 0.6) is 0 Å². The predicted octanol–water partition coefficient (Wildman–Crippen LogP) is 2.80. The van der Waals surface area contributed by atoms with E-state index in [1.807, 2.05) is 67.6 Å². The smallest absolute Gasteiger partial charge is 0.213 e. The molecule has 0 spiro atoms. The molecule has 2 N–H and O–H groups in total. The van der Waals surface area contributed by atoms with E-state index in [-0.39, 0.29) is 5.75 Å². The molecule has 0 aliphatic carbocycles. The highest BCUT2D eigenvalue weighted by molar-refractivity contribution is 7.89. The van der Waals surface area contributed by atoms with E-state index in [0.29, 0.717) is 19.6 Å². The fraction of sp³-hybridized carbons (Fsp3) is 0.263. The van der Waals surface area contributed by atoms with Crippen molar-refractivity contribution in [2.75, 3.05) is 18.8 Å². The summed E-state index contributed by atoms with van der Waals surface area (Å²) in [6, 6.07) is 19.6. The molecule has 0 saturated heterocycles. The van der Waals surface area contributed by atoms with E-state index >= 15 is 0 Å². The van der Waals surface area contributed by atoms with E-state index in [2.05, 4.69) is 16.1 Å². The molecule has 0 atom stereocenters. The van der Waals surface area contributed by atoms with Crippen LogP contribution in [0, 0.1) is 0 Å². The quantitative estimate of drug-likeness (QED) is 0.688. The van der Waals surface area contributed by atoms with E-state index in [4.69, 9.17) is 0 Å². The molecule has 4 nitrogen and oxygen atoms in total. The van der Waals surface area contributed by atoms with Gasteiger partial charge in [-0.3, -0.25) is 0 Å². The number of hydrogen-bond acceptors (Lipinski definition) is 3. The summed E-state index contributed by atoms with van der Waals surface area (Å²) in [5.41, 5.74) is 3.26. The number of hydrogen-bond donors (Lipinski definition) is 2. The van der Waals surface area contributed by atoms with E-state index in [9.17, 15) is 8.42 Å². The van der Waals surface area contributed by atoms with Gasteiger partial charge >= 0.3 is 0 Å². The fourth-order valence-electron chi connectivity index (χ4n) is 2.24. The van der Waals surface area contributed by atoms with Gasteiger partial charge in [-0.15, -0.1) is 0 Å². The van der Waals surface area contributed by atoms with E-state index < -0.39 is 10.0 Å². The third-order valence-electron chi connectivity index (χ3n) is 3.50. The highest BCUT2D eigenvalue weighted by Gasteiger charge is 2.09. The summed E-state index contributed by atoms with van der Waals surface area (Å²) in [5, 5.41) is 3.17. The van der Waals surface area contributed by atoms with Gasteiger partial charge in [0.1, 0.15) is 0 Å². The van der Waals surface area contributed by atoms with Gasteiger partial charge in [0.15, 0.2) is 0 Å². The first-order valence-corrected chi connectivity index (χ1v) is 9.64. The molecule has 0 amide bonds. The Bertz CT molecular complexity index is 741. The zero-order chi connectivity index (χ0) is 17.3. The maximum absolute atomic E-state index is 12.0. The van der Waals surface area contributed by atoms with E-state index in [1.165, 1.54) is 0 Å². The Kier molecular flexibility index (Phi) is 7.18. The first-order chi connectivity index (χ1) is 11.6. The second-order valence-corrected chi connectivity index (χ2v) is 7.63. The molecule has 0 aromatic heterocycles. The molecule has 5 heteroatoms. The molecule has 0 fully saturated rings. The number of rotatable bonds is 9. The van der Waals surface area contributed by atoms with Gasteiger partial charge < -0.3 is 5.32 Å². The summed E-state index contributed by atoms with van der Waals surface area (Å²) in [6.45, 7) is 3.45. The molecule has 0 radical (unpaired) electrons. The second kappa shape index (κ2) is 9.37. The lowest BCUT2D eigenvalue weighted by Gasteiger charge is -2.08. The Labute approximate surface area is 144 Å². The van der Waals surface area contributed by atoms with E-state index in [0.717, 1.165) is 16.7 Å². The van der Waals surface area contributed by atoms with Gasteiger partial charge in [0.05, 0.1) is 5.75 Å². The lowest BCUT2D eigenvalue weighted by Crippen LogP contribution is -2.32. The maximum Gasteiger partial charge on any atom is 0.213 e. The van der Waals surface area contributed by atoms with Crippen LogP contribution in [0.2, 0.25) is 0 Å². The lowest BCUT2D eigenvalue weighted by atomic mass is 10.1. The number of sulfonamides is 1. The Morgan fingerprint density at radius 2 is 1.62 bits per heavy atom. The SMILES string of the molecule is C/C(=C/c1ccccc1)CNCCS(=O)(=O)NCc1ccccc1. The molecule has 0 heterocycles. The summed E-state index contributed by atoms with van der Waals surface area (Å²) in [5.74, 6) is 0.0679. The van der Waals surface area contributed by atoms with Crippen molar-refractivity contribution in [3.8, 4) is 0 Å². The van der Waals surface area contributed by atoms with Gasteiger partial charge in [0, 0.05) is 19.6 Å². The highest BCUT2D eigenvalue weighted by Crippen LogP contribution is 2.05. The predicted molar refractivity (Wildman–Crippen MR) is 100 cm³/mol. The molecule has 0 bridgehead atoms. The molecule has 2 aromatic rings. The normalized spacial score (nSPS) is 12.3. The lowest BCUT2D eigenvalue weighted by molar-refractivity contribution is 0.577. The number of benzene rings is 2. The maximum atomic E-state index is 12.0. The van der Waals surface area contributed by atoms with Gasteiger partial charge in [-0.25, -0.2) is 13.1 Å². The molecule has 2 rings (SSSR count). The molecule has 0 aliphatic rings. The van der Waals surface area contributed by atoms with Crippen molar-refractivity contribution in [2.45, 2.75) is 13.5 Å². The molecule has 2 aromatic carbocycles. The van der Waals surface area contributed by atoms with E-state index in [1.54, 1.807) is 0 Å². The third kappa shape index (κ3) is 7.08. The van der Waals surface area contributed by atoms with Crippen LogP contribution in [-0.4, -0.2) is 27.3 Å². The van der Waals surface area contributed by atoms with Crippen LogP contribution in [-0.2, 0) is 16.6 Å². The average Bonchev–Trinajstić information content (AvgIpc) is 2.59. The summed E-state index contributed by atoms with van der Waals surface area (Å²) in [6.07, 6.45) is 2.09. The minimum absolute atomic E-state index is 0.0679. The van der Waals surface area contributed by atoms with Gasteiger partial charge in [0.2, 0.25) is 10.0 Å². The molecule has 0 saturated carbocycles. The summed E-state index contributed by atoms with van der Waals surface area (Å²) in [4.78, 5) is 0. The average molecular weight is 344 g/mol. The van der Waals surface area contributed by atoms with Crippen LogP contribution >= 0.6 is 0 Å². The first kappa shape index (κ1) is 18.4. The standard InChI is InChI=1S/C19H24N2O2S/c1-17(14-18-8-4-2-5-9-18)15-20-12-13-24(22,23)21-16-19-10-6-3-7-11-19/h2-11,14,20-21H,12-13,15-16H2,1H3/b17-14-. The topological polar surface area (TPSA) is 58.2 Å². The molecule has 128 valence electrons. The van der Waals surface area contributed by atoms with Crippen LogP contribution in [0.3, 0.4) is 0 Å². The Morgan fingerprint density at radius 1 is 1.00 bits per heavy atom. The second-order valence-electron chi connectivity index (χ2n) is 5.70. The Morgan fingerprint density at radius 3 is 2.29 bits per heavy atom. The van der Waals surface area contributed by atoms with Crippen LogP contribution < -0.4 is 10.0 Å². The largest absolute Gasteiger partial charge is 0.312 e. The Balaban J connectivity index is 1.70. The van der Waals surface area contributed by atoms with Crippen LogP contribution in [0.1, 0.15) is 18.1 Å². The molecular weight excluding hydrogens is 320 g/mol. The van der Waals surface area contributed by atoms with Gasteiger partial charge in [-0.1, -0.05) is 72.3 Å². The summed E-state index contributed by atoms with van der Waals surface area (Å²) < 4.78 is 26.6. The van der Waals surface area contributed by atoms with Crippen LogP contribution in [0.15, 0.2) is 66.2 Å². The van der Waals surface area contributed by atoms with Crippen molar-refractivity contribution in [1.29, 1.82) is 0 Å². The minimum Gasteiger partial charge on any atom is -0.312 e. The number of nitrogens with one attached hydrogen (secondary N) is 2. The van der Waals surface area contributed by atoms with Crippen molar-refractivity contribution >= 4 is 16.1 Å². The third-order valence-corrected chi connectivity index (χ3v) is 4.83. The van der Waals surface area contributed by atoms with Crippen molar-refractivity contribution in [3.63, 3.8) is 0 Å². The van der Waals surface area contributed by atoms with Gasteiger partial charge in [-0.2, -0.15) is 0 Å². The summed E-state index contributed by atoms with van der Waals surface area (Å²) >= 11 is 0. The zero-order valence-corrected chi connectivity index (χ0v) is 14.7. The molecule has 24 heavy (non-hydrogen) atoms. The molecule has 0 aliphatic heterocycles. The Hall–Kier alpha value is -1.95. The van der Waals surface area contributed by atoms with Crippen molar-refractivity contribution in [2.24, 2.45) is 0 Å². The molecule has 0 unspecified atom stereocenters. The van der Waals surface area contributed by atoms with Crippen molar-refractivity contribution in [1.82, 2.24) is 10.0 Å². The van der Waals surface area contributed by atoms with Gasteiger partial charge in [-0.05, 0) is 18.1 Å². The van der Waals surface area contributed by atoms with Crippen LogP contribution in [0.25, 0.3) is 6.08 Å². The zero-order valence-electron chi connectivity index (χ0n) is 13.9. The highest BCUT2D eigenvalue weighted by atomic mass is 32.2. The van der Waals surface area contributed by atoms with Gasteiger partial charge in [0.25, 0.3) is 0 Å².